The van der Waals surface area contributed by atoms with E-state index in [1.54, 1.807) is 0 Å². The van der Waals surface area contributed by atoms with Crippen LogP contribution in [0.2, 0.25) is 0 Å². The van der Waals surface area contributed by atoms with E-state index in [0.717, 1.165) is 26.3 Å². The van der Waals surface area contributed by atoms with E-state index in [4.69, 9.17) is 6.15 Å². The van der Waals surface area contributed by atoms with E-state index in [2.05, 4.69) is 11.8 Å². The molecule has 16 heavy (non-hydrogen) atoms. The number of hydrogen-bond acceptors (Lipinski definition) is 3. The summed E-state index contributed by atoms with van der Waals surface area (Å²) >= 11 is -0.879. The fraction of sp³-hybridized carbons (Fsp3) is 1.00. The number of rotatable bonds is 7. The first kappa shape index (κ1) is 14.7. The van der Waals surface area contributed by atoms with Crippen LogP contribution in [-0.2, 0) is 6.15 Å². The molecule has 0 spiro atoms. The molecule has 0 saturated carbocycles. The second-order valence-electron chi connectivity index (χ2n) is 4.39. The molecule has 0 N–H and O–H groups in total. The van der Waals surface area contributed by atoms with Crippen molar-refractivity contribution in [1.82, 2.24) is 4.90 Å². The molecule has 1 fully saturated rings. The minimum absolute atomic E-state index is 0.879. The van der Waals surface area contributed by atoms with E-state index >= 15 is 0 Å². The summed E-state index contributed by atoms with van der Waals surface area (Å²) in [5.74, 6) is 0. The maximum absolute atomic E-state index is 5.47. The van der Waals surface area contributed by atoms with Crippen LogP contribution in [0.3, 0.4) is 0 Å². The zero-order valence-electron chi connectivity index (χ0n) is 10.5. The van der Waals surface area contributed by atoms with E-state index in [1.165, 1.54) is 45.1 Å². The van der Waals surface area contributed by atoms with E-state index in [1.807, 2.05) is 0 Å². The van der Waals surface area contributed by atoms with Gasteiger partial charge in [-0.05, 0) is 0 Å². The first-order chi connectivity index (χ1) is 7.93. The molecule has 1 aliphatic heterocycles. The average Bonchev–Trinajstić information content (AvgIpc) is 2.25. The van der Waals surface area contributed by atoms with Gasteiger partial charge in [0.2, 0.25) is 0 Å². The predicted octanol–water partition coefficient (Wildman–Crippen LogP) is 2.23. The third-order valence-electron chi connectivity index (χ3n) is 2.96. The van der Waals surface area contributed by atoms with Crippen molar-refractivity contribution in [1.29, 1.82) is 0 Å². The zero-order chi connectivity index (χ0) is 11.5. The van der Waals surface area contributed by atoms with Gasteiger partial charge in [-0.2, -0.15) is 0 Å². The molecule has 0 bridgehead atoms. The molecule has 0 atom stereocenters. The van der Waals surface area contributed by atoms with Gasteiger partial charge in [0.1, 0.15) is 0 Å². The summed E-state index contributed by atoms with van der Waals surface area (Å²) in [6.45, 7) is 7.50. The van der Waals surface area contributed by atoms with Crippen LogP contribution >= 0.6 is 0 Å². The standard InChI is InChI=1S/C12H25NO2.Sn/c1-2-3-4-5-6-7-8-13(9-11-14)10-12-15;/h2-12H2,1H3;/q-2;+2. The Morgan fingerprint density at radius 1 is 0.938 bits per heavy atom. The van der Waals surface area contributed by atoms with Crippen LogP contribution in [0.4, 0.5) is 0 Å². The first-order valence-electron chi connectivity index (χ1n) is 6.64. The molecule has 0 amide bonds. The summed E-state index contributed by atoms with van der Waals surface area (Å²) in [7, 11) is 0. The van der Waals surface area contributed by atoms with Crippen molar-refractivity contribution in [3.05, 3.63) is 0 Å². The summed E-state index contributed by atoms with van der Waals surface area (Å²) in [4.78, 5) is 2.48. The van der Waals surface area contributed by atoms with Gasteiger partial charge in [0.25, 0.3) is 0 Å². The van der Waals surface area contributed by atoms with Crippen LogP contribution in [0.1, 0.15) is 45.4 Å². The Morgan fingerprint density at radius 2 is 1.56 bits per heavy atom. The average molecular weight is 334 g/mol. The van der Waals surface area contributed by atoms with Crippen molar-refractivity contribution < 1.29 is 6.15 Å². The minimum atomic E-state index is -0.879. The van der Waals surface area contributed by atoms with Crippen LogP contribution < -0.4 is 0 Å². The second-order valence-corrected chi connectivity index (χ2v) is 6.51. The Balaban J connectivity index is 1.93. The van der Waals surface area contributed by atoms with E-state index in [-0.39, 0.29) is 0 Å². The summed E-state index contributed by atoms with van der Waals surface area (Å²) in [5, 5.41) is 0. The summed E-state index contributed by atoms with van der Waals surface area (Å²) in [6, 6.07) is 0. The van der Waals surface area contributed by atoms with Gasteiger partial charge in [0.05, 0.1) is 0 Å². The molecule has 1 saturated heterocycles. The van der Waals surface area contributed by atoms with Crippen LogP contribution in [-0.4, -0.2) is 59.7 Å². The molecule has 0 aromatic carbocycles. The molecular formula is C12H25NO2Sn. The maximum atomic E-state index is 5.47. The Morgan fingerprint density at radius 3 is 2.25 bits per heavy atom. The van der Waals surface area contributed by atoms with Crippen LogP contribution in [0.25, 0.3) is 0 Å². The Labute approximate surface area is 111 Å². The summed E-state index contributed by atoms with van der Waals surface area (Å²) in [6.07, 6.45) is 8.28. The SMILES string of the molecule is CCCCCCCCN1CC[O][Sn][O]CC1. The molecule has 3 nitrogen and oxygen atoms in total. The molecule has 0 unspecified atom stereocenters. The number of hydrogen-bond donors (Lipinski definition) is 0. The molecule has 94 valence electrons. The van der Waals surface area contributed by atoms with Gasteiger partial charge in [-0.1, -0.05) is 0 Å². The number of nitrogens with zero attached hydrogens (tertiary/aromatic N) is 1. The molecule has 0 aromatic heterocycles. The van der Waals surface area contributed by atoms with Gasteiger partial charge in [-0.25, -0.2) is 0 Å². The van der Waals surface area contributed by atoms with Gasteiger partial charge in [0, 0.05) is 0 Å². The molecule has 4 heteroatoms. The summed E-state index contributed by atoms with van der Waals surface area (Å²) < 4.78 is 10.9. The number of unbranched alkanes of at least 4 members (excludes halogenated alkanes) is 5. The molecular weight excluding hydrogens is 309 g/mol. The van der Waals surface area contributed by atoms with Crippen molar-refractivity contribution in [2.45, 2.75) is 45.4 Å². The zero-order valence-corrected chi connectivity index (χ0v) is 13.4. The Kier molecular flexibility index (Phi) is 9.96. The van der Waals surface area contributed by atoms with Gasteiger partial charge < -0.3 is 0 Å². The van der Waals surface area contributed by atoms with Crippen molar-refractivity contribution in [2.24, 2.45) is 0 Å². The molecule has 2 radical (unpaired) electrons. The third-order valence-corrected chi connectivity index (χ3v) is 4.80. The Bertz CT molecular complexity index is 150. The predicted molar refractivity (Wildman–Crippen MR) is 67.5 cm³/mol. The monoisotopic (exact) mass is 335 g/mol. The van der Waals surface area contributed by atoms with Gasteiger partial charge in [0.15, 0.2) is 0 Å². The molecule has 1 aliphatic rings. The van der Waals surface area contributed by atoms with Gasteiger partial charge in [-0.15, -0.1) is 0 Å². The van der Waals surface area contributed by atoms with Gasteiger partial charge in [-0.3, -0.25) is 0 Å². The van der Waals surface area contributed by atoms with E-state index in [9.17, 15) is 0 Å². The summed E-state index contributed by atoms with van der Waals surface area (Å²) in [5.41, 5.74) is 0. The fourth-order valence-electron chi connectivity index (χ4n) is 1.93. The van der Waals surface area contributed by atoms with Crippen LogP contribution in [0.15, 0.2) is 0 Å². The normalized spacial score (nSPS) is 19.3. The quantitative estimate of drug-likeness (QED) is 0.527. The van der Waals surface area contributed by atoms with Crippen LogP contribution in [0.5, 0.6) is 0 Å². The van der Waals surface area contributed by atoms with Crippen molar-refractivity contribution >= 4 is 22.0 Å². The van der Waals surface area contributed by atoms with Gasteiger partial charge >= 0.3 is 111 Å². The fourth-order valence-corrected chi connectivity index (χ4v) is 3.16. The Hall–Kier alpha value is 0.679. The third kappa shape index (κ3) is 7.87. The first-order valence-corrected chi connectivity index (χ1v) is 8.97. The van der Waals surface area contributed by atoms with Crippen LogP contribution in [0, 0.1) is 0 Å². The van der Waals surface area contributed by atoms with Crippen molar-refractivity contribution in [3.8, 4) is 0 Å². The molecule has 0 aliphatic carbocycles. The molecule has 0 aromatic rings. The molecule has 1 heterocycles. The topological polar surface area (TPSA) is 21.7 Å². The van der Waals surface area contributed by atoms with Crippen molar-refractivity contribution in [3.63, 3.8) is 0 Å². The molecule has 1 rings (SSSR count). The van der Waals surface area contributed by atoms with Crippen molar-refractivity contribution in [2.75, 3.05) is 32.8 Å². The van der Waals surface area contributed by atoms with E-state index < -0.39 is 22.0 Å². The van der Waals surface area contributed by atoms with E-state index in [0.29, 0.717) is 0 Å². The second kappa shape index (κ2) is 10.8.